The lowest BCUT2D eigenvalue weighted by molar-refractivity contribution is 0.0962. The van der Waals surface area contributed by atoms with E-state index in [9.17, 15) is 13.2 Å². The molecule has 27 heavy (non-hydrogen) atoms. The molecule has 0 heterocycles. The first-order valence-corrected chi connectivity index (χ1v) is 10.6. The Kier molecular flexibility index (Phi) is 5.88. The highest BCUT2D eigenvalue weighted by atomic mass is 35.5. The summed E-state index contributed by atoms with van der Waals surface area (Å²) in [7, 11) is -3.66. The number of benzene rings is 2. The zero-order chi connectivity index (χ0) is 19.8. The molecule has 0 unspecified atom stereocenters. The number of amides is 1. The molecule has 3 rings (SSSR count). The molecule has 1 fully saturated rings. The van der Waals surface area contributed by atoms with Gasteiger partial charge in [0.2, 0.25) is 10.0 Å². The van der Waals surface area contributed by atoms with Crippen LogP contribution in [0.5, 0.6) is 0 Å². The van der Waals surface area contributed by atoms with Crippen molar-refractivity contribution in [2.45, 2.75) is 30.7 Å². The summed E-state index contributed by atoms with van der Waals surface area (Å²) in [5.41, 5.74) is 6.23. The number of sulfonamides is 1. The molecule has 0 atom stereocenters. The molecule has 2 aromatic carbocycles. The van der Waals surface area contributed by atoms with Crippen molar-refractivity contribution in [2.24, 2.45) is 0 Å². The van der Waals surface area contributed by atoms with E-state index in [1.165, 1.54) is 24.3 Å². The molecule has 0 radical (unpaired) electrons. The van der Waals surface area contributed by atoms with Gasteiger partial charge in [-0.3, -0.25) is 15.6 Å². The van der Waals surface area contributed by atoms with Crippen LogP contribution in [0.3, 0.4) is 0 Å². The smallest absolute Gasteiger partial charge is 0.269 e. The van der Waals surface area contributed by atoms with Gasteiger partial charge in [0.05, 0.1) is 20.6 Å². The molecule has 1 aliphatic carbocycles. The monoisotopic (exact) mass is 447 g/mol. The molecule has 0 aliphatic heterocycles. The molecule has 1 aliphatic rings. The number of hydrogen-bond acceptors (Lipinski definition) is 4. The first-order valence-electron chi connectivity index (χ1n) is 8.01. The molecule has 10 heteroatoms. The Morgan fingerprint density at radius 1 is 1.07 bits per heavy atom. The SMILES string of the molecule is Cc1ccc(S(=O)(=O)NC2CC2)cc1C(=O)NNc1c(Cl)cc(Cl)cc1Cl. The Balaban J connectivity index is 1.79. The third kappa shape index (κ3) is 4.86. The number of anilines is 1. The molecule has 144 valence electrons. The number of hydrogen-bond donors (Lipinski definition) is 3. The maximum absolute atomic E-state index is 12.5. The minimum atomic E-state index is -3.66. The standard InChI is InChI=1S/C17H16Cl3N3O3S/c1-9-2-5-12(27(25,26)23-11-3-4-11)8-13(9)17(24)22-21-16-14(19)6-10(18)7-15(16)20/h2,5-8,11,21,23H,3-4H2,1H3,(H,22,24). The first kappa shape index (κ1) is 20.2. The second-order valence-electron chi connectivity index (χ2n) is 6.20. The van der Waals surface area contributed by atoms with Gasteiger partial charge >= 0.3 is 0 Å². The number of nitrogens with one attached hydrogen (secondary N) is 3. The largest absolute Gasteiger partial charge is 0.295 e. The van der Waals surface area contributed by atoms with Gasteiger partial charge in [-0.25, -0.2) is 13.1 Å². The Bertz CT molecular complexity index is 985. The minimum Gasteiger partial charge on any atom is -0.295 e. The van der Waals surface area contributed by atoms with Gasteiger partial charge in [0.25, 0.3) is 5.91 Å². The van der Waals surface area contributed by atoms with Gasteiger partial charge in [-0.05, 0) is 49.6 Å². The summed E-state index contributed by atoms with van der Waals surface area (Å²) in [5.74, 6) is -0.530. The van der Waals surface area contributed by atoms with E-state index in [0.29, 0.717) is 10.6 Å². The molecule has 0 bridgehead atoms. The zero-order valence-electron chi connectivity index (χ0n) is 14.1. The quantitative estimate of drug-likeness (QED) is 0.579. The second kappa shape index (κ2) is 7.85. The van der Waals surface area contributed by atoms with E-state index in [1.54, 1.807) is 13.0 Å². The van der Waals surface area contributed by atoms with Gasteiger partial charge < -0.3 is 0 Å². The van der Waals surface area contributed by atoms with Gasteiger partial charge in [-0.15, -0.1) is 0 Å². The van der Waals surface area contributed by atoms with Crippen LogP contribution in [0.1, 0.15) is 28.8 Å². The van der Waals surface area contributed by atoms with Crippen molar-refractivity contribution in [1.29, 1.82) is 0 Å². The van der Waals surface area contributed by atoms with Gasteiger partial charge in [0.1, 0.15) is 0 Å². The van der Waals surface area contributed by atoms with Crippen LogP contribution in [0.2, 0.25) is 15.1 Å². The zero-order valence-corrected chi connectivity index (χ0v) is 17.2. The molecule has 1 amide bonds. The van der Waals surface area contributed by atoms with Crippen molar-refractivity contribution in [3.63, 3.8) is 0 Å². The van der Waals surface area contributed by atoms with Crippen LogP contribution in [0.15, 0.2) is 35.2 Å². The number of rotatable bonds is 6. The highest BCUT2D eigenvalue weighted by Gasteiger charge is 2.28. The molecule has 0 spiro atoms. The summed E-state index contributed by atoms with van der Waals surface area (Å²) >= 11 is 18.0. The third-order valence-corrected chi connectivity index (χ3v) is 6.30. The summed E-state index contributed by atoms with van der Waals surface area (Å²) in [4.78, 5) is 12.6. The predicted molar refractivity (Wildman–Crippen MR) is 107 cm³/mol. The van der Waals surface area contributed by atoms with Crippen LogP contribution in [-0.2, 0) is 10.0 Å². The van der Waals surface area contributed by atoms with Crippen LogP contribution < -0.4 is 15.6 Å². The fourth-order valence-electron chi connectivity index (χ4n) is 2.35. The number of carbonyl (C=O) groups is 1. The summed E-state index contributed by atoms with van der Waals surface area (Å²) in [6.45, 7) is 1.71. The molecular formula is C17H16Cl3N3O3S. The minimum absolute atomic E-state index is 0.0237. The fourth-order valence-corrected chi connectivity index (χ4v) is 4.59. The van der Waals surface area contributed by atoms with Gasteiger partial charge in [-0.1, -0.05) is 40.9 Å². The van der Waals surface area contributed by atoms with E-state index in [1.807, 2.05) is 0 Å². The van der Waals surface area contributed by atoms with Gasteiger partial charge in [-0.2, -0.15) is 0 Å². The Morgan fingerprint density at radius 3 is 2.30 bits per heavy atom. The van der Waals surface area contributed by atoms with Gasteiger partial charge in [0.15, 0.2) is 0 Å². The highest BCUT2D eigenvalue weighted by molar-refractivity contribution is 7.89. The van der Waals surface area contributed by atoms with Crippen molar-refractivity contribution in [2.75, 3.05) is 5.43 Å². The molecule has 1 saturated carbocycles. The lowest BCUT2D eigenvalue weighted by atomic mass is 10.1. The van der Waals surface area contributed by atoms with Crippen molar-refractivity contribution in [3.8, 4) is 0 Å². The van der Waals surface area contributed by atoms with Crippen molar-refractivity contribution < 1.29 is 13.2 Å². The van der Waals surface area contributed by atoms with Gasteiger partial charge in [0, 0.05) is 16.6 Å². The normalized spacial score (nSPS) is 14.1. The van der Waals surface area contributed by atoms with E-state index in [2.05, 4.69) is 15.6 Å². The van der Waals surface area contributed by atoms with Crippen LogP contribution in [0.25, 0.3) is 0 Å². The van der Waals surface area contributed by atoms with E-state index in [-0.39, 0.29) is 32.2 Å². The highest BCUT2D eigenvalue weighted by Crippen LogP contribution is 2.33. The molecular weight excluding hydrogens is 433 g/mol. The topological polar surface area (TPSA) is 87.3 Å². The predicted octanol–water partition coefficient (Wildman–Crippen LogP) is 4.15. The first-order chi connectivity index (χ1) is 12.7. The Hall–Kier alpha value is -1.51. The summed E-state index contributed by atoms with van der Waals surface area (Å²) < 4.78 is 27.3. The van der Waals surface area contributed by atoms with Crippen LogP contribution in [0, 0.1) is 6.92 Å². The van der Waals surface area contributed by atoms with E-state index in [4.69, 9.17) is 34.8 Å². The summed E-state index contributed by atoms with van der Waals surface area (Å²) in [6.07, 6.45) is 1.65. The number of halogens is 3. The lowest BCUT2D eigenvalue weighted by Gasteiger charge is -2.14. The second-order valence-corrected chi connectivity index (χ2v) is 9.16. The van der Waals surface area contributed by atoms with E-state index < -0.39 is 15.9 Å². The molecule has 0 saturated heterocycles. The summed E-state index contributed by atoms with van der Waals surface area (Å²) in [6, 6.07) is 7.32. The summed E-state index contributed by atoms with van der Waals surface area (Å²) in [5, 5.41) is 0.822. The average Bonchev–Trinajstić information content (AvgIpc) is 3.37. The Labute approximate surface area is 172 Å². The van der Waals surface area contributed by atoms with Crippen LogP contribution in [-0.4, -0.2) is 20.4 Å². The maximum Gasteiger partial charge on any atom is 0.269 e. The molecule has 0 aromatic heterocycles. The molecule has 3 N–H and O–H groups in total. The van der Waals surface area contributed by atoms with E-state index in [0.717, 1.165) is 12.8 Å². The lowest BCUT2D eigenvalue weighted by Crippen LogP contribution is -2.31. The number of carbonyl (C=O) groups excluding carboxylic acids is 1. The maximum atomic E-state index is 12.5. The van der Waals surface area contributed by atoms with Crippen LogP contribution >= 0.6 is 34.8 Å². The molecule has 2 aromatic rings. The average molecular weight is 449 g/mol. The number of hydrazine groups is 1. The third-order valence-electron chi connectivity index (χ3n) is 3.97. The Morgan fingerprint density at radius 2 is 1.70 bits per heavy atom. The fraction of sp³-hybridized carbons (Fsp3) is 0.235. The van der Waals surface area contributed by atoms with Crippen molar-refractivity contribution in [3.05, 3.63) is 56.5 Å². The van der Waals surface area contributed by atoms with Crippen molar-refractivity contribution in [1.82, 2.24) is 10.1 Å². The van der Waals surface area contributed by atoms with Crippen molar-refractivity contribution >= 4 is 56.4 Å². The number of aryl methyl sites for hydroxylation is 1. The van der Waals surface area contributed by atoms with Crippen LogP contribution in [0.4, 0.5) is 5.69 Å². The molecule has 6 nitrogen and oxygen atoms in total. The van der Waals surface area contributed by atoms with E-state index >= 15 is 0 Å².